The number of amides is 1. The van der Waals surface area contributed by atoms with Crippen molar-refractivity contribution in [3.05, 3.63) is 63.0 Å². The van der Waals surface area contributed by atoms with E-state index in [-0.39, 0.29) is 30.4 Å². The second-order valence-electron chi connectivity index (χ2n) is 6.58. The van der Waals surface area contributed by atoms with Gasteiger partial charge in [-0.25, -0.2) is 0 Å². The molecule has 1 aliphatic heterocycles. The number of hydrogen-bond donors (Lipinski definition) is 0. The van der Waals surface area contributed by atoms with E-state index >= 15 is 0 Å². The quantitative estimate of drug-likeness (QED) is 0.242. The first-order chi connectivity index (χ1) is 15.4. The molecule has 0 aliphatic carbocycles. The summed E-state index contributed by atoms with van der Waals surface area (Å²) in [5, 5.41) is 11.1. The number of non-ortho nitro benzene ring substituents is 1. The molecule has 0 saturated carbocycles. The number of fused-ring (bicyclic) bond motifs is 2. The number of carbonyl (C=O) groups excluding carboxylic acids is 2. The SMILES string of the molecule is CCOC(=O)Cn1c(=NC(=O)/C=C\c2ccc3c(c2)OCO3)sc2cc([N+](=O)[O-])ccc21. The van der Waals surface area contributed by atoms with Crippen LogP contribution in [0.4, 0.5) is 5.69 Å². The third-order valence-electron chi connectivity index (χ3n) is 4.49. The highest BCUT2D eigenvalue weighted by atomic mass is 32.1. The predicted molar refractivity (Wildman–Crippen MR) is 115 cm³/mol. The summed E-state index contributed by atoms with van der Waals surface area (Å²) in [5.74, 6) is 0.171. The van der Waals surface area contributed by atoms with Gasteiger partial charge in [-0.3, -0.25) is 19.7 Å². The Morgan fingerprint density at radius 3 is 2.84 bits per heavy atom. The van der Waals surface area contributed by atoms with Crippen molar-refractivity contribution in [2.24, 2.45) is 4.99 Å². The van der Waals surface area contributed by atoms with Crippen molar-refractivity contribution in [1.29, 1.82) is 0 Å². The molecule has 1 amide bonds. The number of benzene rings is 2. The summed E-state index contributed by atoms with van der Waals surface area (Å²) in [4.78, 5) is 39.5. The molecule has 1 aromatic heterocycles. The van der Waals surface area contributed by atoms with Gasteiger partial charge in [0, 0.05) is 18.2 Å². The molecule has 0 saturated heterocycles. The minimum Gasteiger partial charge on any atom is -0.465 e. The molecular weight excluding hydrogens is 438 g/mol. The smallest absolute Gasteiger partial charge is 0.326 e. The minimum atomic E-state index is -0.554. The lowest BCUT2D eigenvalue weighted by atomic mass is 10.2. The van der Waals surface area contributed by atoms with Gasteiger partial charge in [0.1, 0.15) is 6.54 Å². The Balaban J connectivity index is 1.68. The lowest BCUT2D eigenvalue weighted by molar-refractivity contribution is -0.384. The fourth-order valence-corrected chi connectivity index (χ4v) is 4.13. The average molecular weight is 455 g/mol. The van der Waals surface area contributed by atoms with Crippen LogP contribution in [0.3, 0.4) is 0 Å². The van der Waals surface area contributed by atoms with Gasteiger partial charge in [0.2, 0.25) is 6.79 Å². The van der Waals surface area contributed by atoms with E-state index in [4.69, 9.17) is 14.2 Å². The van der Waals surface area contributed by atoms with Crippen LogP contribution < -0.4 is 14.3 Å². The Hall–Kier alpha value is -3.99. The minimum absolute atomic E-state index is 0.0948. The second kappa shape index (κ2) is 9.02. The van der Waals surface area contributed by atoms with E-state index < -0.39 is 16.8 Å². The molecule has 0 bridgehead atoms. The number of thiazole rings is 1. The molecule has 10 nitrogen and oxygen atoms in total. The third kappa shape index (κ3) is 4.52. The van der Waals surface area contributed by atoms with Gasteiger partial charge >= 0.3 is 5.97 Å². The number of rotatable bonds is 6. The number of aromatic nitrogens is 1. The first-order valence-electron chi connectivity index (χ1n) is 9.54. The number of ether oxygens (including phenoxy) is 3. The van der Waals surface area contributed by atoms with Crippen LogP contribution in [-0.4, -0.2) is 34.8 Å². The number of esters is 1. The van der Waals surface area contributed by atoms with Gasteiger partial charge in [-0.15, -0.1) is 0 Å². The summed E-state index contributed by atoms with van der Waals surface area (Å²) in [5.41, 5.74) is 1.17. The normalized spacial score (nSPS) is 13.1. The van der Waals surface area contributed by atoms with Crippen molar-refractivity contribution in [2.75, 3.05) is 13.4 Å². The van der Waals surface area contributed by atoms with Crippen molar-refractivity contribution < 1.29 is 28.7 Å². The highest BCUT2D eigenvalue weighted by Gasteiger charge is 2.15. The predicted octanol–water partition coefficient (Wildman–Crippen LogP) is 3.04. The molecule has 0 unspecified atom stereocenters. The molecule has 0 atom stereocenters. The van der Waals surface area contributed by atoms with Gasteiger partial charge < -0.3 is 18.8 Å². The lowest BCUT2D eigenvalue weighted by Crippen LogP contribution is -2.22. The summed E-state index contributed by atoms with van der Waals surface area (Å²) in [6.45, 7) is 1.87. The van der Waals surface area contributed by atoms with Crippen LogP contribution in [0.25, 0.3) is 16.3 Å². The van der Waals surface area contributed by atoms with Gasteiger partial charge in [-0.05, 0) is 36.8 Å². The second-order valence-corrected chi connectivity index (χ2v) is 7.59. The van der Waals surface area contributed by atoms with Gasteiger partial charge in [0.15, 0.2) is 16.3 Å². The maximum Gasteiger partial charge on any atom is 0.326 e. The van der Waals surface area contributed by atoms with Crippen molar-refractivity contribution in [3.63, 3.8) is 0 Å². The van der Waals surface area contributed by atoms with E-state index in [2.05, 4.69) is 4.99 Å². The maximum absolute atomic E-state index is 12.5. The van der Waals surface area contributed by atoms with E-state index in [1.54, 1.807) is 31.2 Å². The summed E-state index contributed by atoms with van der Waals surface area (Å²) in [7, 11) is 0. The van der Waals surface area contributed by atoms with Gasteiger partial charge in [-0.2, -0.15) is 4.99 Å². The van der Waals surface area contributed by atoms with E-state index in [1.807, 2.05) is 0 Å². The monoisotopic (exact) mass is 455 g/mol. The average Bonchev–Trinajstić information content (AvgIpc) is 3.36. The van der Waals surface area contributed by atoms with Crippen molar-refractivity contribution in [3.8, 4) is 11.5 Å². The van der Waals surface area contributed by atoms with Gasteiger partial charge in [0.25, 0.3) is 11.6 Å². The number of nitro benzene ring substituents is 1. The first-order valence-corrected chi connectivity index (χ1v) is 10.4. The number of hydrogen-bond acceptors (Lipinski definition) is 8. The zero-order valence-electron chi connectivity index (χ0n) is 16.8. The fraction of sp³-hybridized carbons (Fsp3) is 0.190. The van der Waals surface area contributed by atoms with Crippen LogP contribution >= 0.6 is 11.3 Å². The first kappa shape index (κ1) is 21.2. The molecule has 1 aliphatic rings. The summed E-state index contributed by atoms with van der Waals surface area (Å²) in [6, 6.07) is 9.50. The Morgan fingerprint density at radius 2 is 2.06 bits per heavy atom. The van der Waals surface area contributed by atoms with Crippen LogP contribution in [0.1, 0.15) is 12.5 Å². The van der Waals surface area contributed by atoms with Crippen LogP contribution in [0.15, 0.2) is 47.5 Å². The highest BCUT2D eigenvalue weighted by Crippen LogP contribution is 2.32. The lowest BCUT2D eigenvalue weighted by Gasteiger charge is -2.04. The van der Waals surface area contributed by atoms with Crippen molar-refractivity contribution in [2.45, 2.75) is 13.5 Å². The molecule has 4 rings (SSSR count). The number of nitro groups is 1. The van der Waals surface area contributed by atoms with Crippen molar-refractivity contribution in [1.82, 2.24) is 4.57 Å². The zero-order chi connectivity index (χ0) is 22.7. The van der Waals surface area contributed by atoms with Crippen LogP contribution in [-0.2, 0) is 20.9 Å². The van der Waals surface area contributed by atoms with Crippen LogP contribution in [0.2, 0.25) is 0 Å². The summed E-state index contributed by atoms with van der Waals surface area (Å²) < 4.78 is 17.6. The third-order valence-corrected chi connectivity index (χ3v) is 5.53. The summed E-state index contributed by atoms with van der Waals surface area (Å²) in [6.07, 6.45) is 2.88. The van der Waals surface area contributed by atoms with E-state index in [0.717, 1.165) is 16.9 Å². The topological polar surface area (TPSA) is 122 Å². The molecule has 0 spiro atoms. The Bertz CT molecular complexity index is 1320. The maximum atomic E-state index is 12.5. The van der Waals surface area contributed by atoms with Crippen LogP contribution in [0.5, 0.6) is 11.5 Å². The largest absolute Gasteiger partial charge is 0.465 e. The number of carbonyl (C=O) groups is 2. The molecule has 0 radical (unpaired) electrons. The Labute approximate surface area is 185 Å². The Kier molecular flexibility index (Phi) is 5.99. The van der Waals surface area contributed by atoms with E-state index in [9.17, 15) is 19.7 Å². The standard InChI is InChI=1S/C21H17N3O7S/c1-2-29-20(26)11-23-15-6-5-14(24(27)28)10-18(15)32-21(23)22-19(25)8-4-13-3-7-16-17(9-13)31-12-30-16/h3-10H,2,11-12H2,1H3/b8-4-,22-21?. The molecule has 0 N–H and O–H groups in total. The van der Waals surface area contributed by atoms with E-state index in [0.29, 0.717) is 21.7 Å². The Morgan fingerprint density at radius 1 is 1.25 bits per heavy atom. The van der Waals surface area contributed by atoms with Crippen molar-refractivity contribution >= 4 is 45.2 Å². The molecule has 2 aromatic carbocycles. The van der Waals surface area contributed by atoms with Gasteiger partial charge in [0.05, 0.1) is 21.7 Å². The molecule has 2 heterocycles. The fourth-order valence-electron chi connectivity index (χ4n) is 3.07. The van der Waals surface area contributed by atoms with E-state index in [1.165, 1.54) is 28.8 Å². The van der Waals surface area contributed by atoms with Gasteiger partial charge in [-0.1, -0.05) is 17.4 Å². The molecule has 32 heavy (non-hydrogen) atoms. The number of nitrogens with zero attached hydrogens (tertiary/aromatic N) is 3. The molecule has 0 fully saturated rings. The van der Waals surface area contributed by atoms with Crippen LogP contribution in [0, 0.1) is 10.1 Å². The molecular formula is C21H17N3O7S. The molecule has 164 valence electrons. The molecule has 3 aromatic rings. The molecule has 11 heteroatoms. The zero-order valence-corrected chi connectivity index (χ0v) is 17.7. The summed E-state index contributed by atoms with van der Waals surface area (Å²) >= 11 is 1.07. The highest BCUT2D eigenvalue weighted by molar-refractivity contribution is 7.16.